The summed E-state index contributed by atoms with van der Waals surface area (Å²) in [7, 11) is 0. The van der Waals surface area contributed by atoms with Gasteiger partial charge >= 0.3 is 0 Å². The van der Waals surface area contributed by atoms with E-state index in [0.29, 0.717) is 10.2 Å². The molecule has 0 fully saturated rings. The SMILES string of the molecule is CC(C)(c1ccccc1)c1cc(N)c(O)c(Br)c1. The van der Waals surface area contributed by atoms with E-state index in [1.165, 1.54) is 5.56 Å². The average molecular weight is 306 g/mol. The Bertz CT molecular complexity index is 541. The van der Waals surface area contributed by atoms with Gasteiger partial charge in [-0.15, -0.1) is 0 Å². The number of hydrogen-bond acceptors (Lipinski definition) is 2. The first-order valence-electron chi connectivity index (χ1n) is 5.77. The van der Waals surface area contributed by atoms with Gasteiger partial charge in [0.1, 0.15) is 0 Å². The fourth-order valence-electron chi connectivity index (χ4n) is 2.00. The number of hydrogen-bond donors (Lipinski definition) is 2. The van der Waals surface area contributed by atoms with Gasteiger partial charge in [0, 0.05) is 5.41 Å². The highest BCUT2D eigenvalue weighted by molar-refractivity contribution is 9.10. The Morgan fingerprint density at radius 3 is 2.22 bits per heavy atom. The van der Waals surface area contributed by atoms with E-state index in [-0.39, 0.29) is 11.2 Å². The summed E-state index contributed by atoms with van der Waals surface area (Å²) < 4.78 is 0.626. The first-order chi connectivity index (χ1) is 8.43. The van der Waals surface area contributed by atoms with Crippen molar-refractivity contribution in [1.29, 1.82) is 0 Å². The third-order valence-corrected chi connectivity index (χ3v) is 3.91. The van der Waals surface area contributed by atoms with E-state index in [4.69, 9.17) is 5.73 Å². The van der Waals surface area contributed by atoms with Crippen LogP contribution in [0, 0.1) is 0 Å². The molecule has 0 aliphatic rings. The van der Waals surface area contributed by atoms with Crippen LogP contribution in [0.2, 0.25) is 0 Å². The van der Waals surface area contributed by atoms with Crippen molar-refractivity contribution in [3.05, 3.63) is 58.1 Å². The fraction of sp³-hybridized carbons (Fsp3) is 0.200. The van der Waals surface area contributed by atoms with Crippen LogP contribution in [0.5, 0.6) is 5.75 Å². The van der Waals surface area contributed by atoms with Gasteiger partial charge in [-0.3, -0.25) is 0 Å². The van der Waals surface area contributed by atoms with Crippen molar-refractivity contribution in [3.63, 3.8) is 0 Å². The average Bonchev–Trinajstić information content (AvgIpc) is 2.36. The molecule has 3 N–H and O–H groups in total. The molecular formula is C15H16BrNO. The number of phenols is 1. The maximum atomic E-state index is 9.70. The van der Waals surface area contributed by atoms with Gasteiger partial charge in [-0.2, -0.15) is 0 Å². The second kappa shape index (κ2) is 4.65. The lowest BCUT2D eigenvalue weighted by Gasteiger charge is -2.27. The molecule has 0 saturated carbocycles. The second-order valence-electron chi connectivity index (χ2n) is 4.89. The molecule has 2 nitrogen and oxygen atoms in total. The number of halogens is 1. The molecule has 18 heavy (non-hydrogen) atoms. The van der Waals surface area contributed by atoms with Crippen LogP contribution in [-0.4, -0.2) is 5.11 Å². The van der Waals surface area contributed by atoms with Gasteiger partial charge in [0.25, 0.3) is 0 Å². The zero-order valence-electron chi connectivity index (χ0n) is 10.4. The molecule has 0 aliphatic carbocycles. The summed E-state index contributed by atoms with van der Waals surface area (Å²) in [6.07, 6.45) is 0. The van der Waals surface area contributed by atoms with Crippen molar-refractivity contribution in [2.24, 2.45) is 0 Å². The first-order valence-corrected chi connectivity index (χ1v) is 6.56. The van der Waals surface area contributed by atoms with Gasteiger partial charge in [-0.05, 0) is 39.2 Å². The van der Waals surface area contributed by atoms with E-state index in [2.05, 4.69) is 41.9 Å². The van der Waals surface area contributed by atoms with Gasteiger partial charge in [0.15, 0.2) is 5.75 Å². The third-order valence-electron chi connectivity index (χ3n) is 3.31. The van der Waals surface area contributed by atoms with Crippen LogP contribution >= 0.6 is 15.9 Å². The lowest BCUT2D eigenvalue weighted by atomic mass is 9.78. The molecule has 2 aromatic rings. The monoisotopic (exact) mass is 305 g/mol. The smallest absolute Gasteiger partial charge is 0.152 e. The highest BCUT2D eigenvalue weighted by Crippen LogP contribution is 2.38. The van der Waals surface area contributed by atoms with Gasteiger partial charge in [-0.1, -0.05) is 44.2 Å². The summed E-state index contributed by atoms with van der Waals surface area (Å²) in [5, 5.41) is 9.70. The van der Waals surface area contributed by atoms with Crippen LogP contribution in [-0.2, 0) is 5.41 Å². The predicted octanol–water partition coefficient (Wildman–Crippen LogP) is 4.06. The number of phenolic OH excluding ortho intramolecular Hbond substituents is 1. The van der Waals surface area contributed by atoms with E-state index < -0.39 is 0 Å². The summed E-state index contributed by atoms with van der Waals surface area (Å²) in [5.41, 5.74) is 8.32. The number of anilines is 1. The second-order valence-corrected chi connectivity index (χ2v) is 5.74. The van der Waals surface area contributed by atoms with Crippen molar-refractivity contribution in [1.82, 2.24) is 0 Å². The van der Waals surface area contributed by atoms with Crippen molar-refractivity contribution in [3.8, 4) is 5.75 Å². The lowest BCUT2D eigenvalue weighted by Crippen LogP contribution is -2.19. The summed E-state index contributed by atoms with van der Waals surface area (Å²) in [5.74, 6) is 0.0996. The highest BCUT2D eigenvalue weighted by atomic mass is 79.9. The molecule has 94 valence electrons. The summed E-state index contributed by atoms with van der Waals surface area (Å²) in [6.45, 7) is 4.28. The largest absolute Gasteiger partial charge is 0.505 e. The molecule has 0 radical (unpaired) electrons. The molecule has 0 spiro atoms. The molecule has 0 unspecified atom stereocenters. The Hall–Kier alpha value is -1.48. The van der Waals surface area contributed by atoms with E-state index in [1.54, 1.807) is 0 Å². The maximum Gasteiger partial charge on any atom is 0.152 e. The number of nitrogens with two attached hydrogens (primary N) is 1. The zero-order valence-corrected chi connectivity index (χ0v) is 12.0. The molecule has 0 heterocycles. The number of rotatable bonds is 2. The van der Waals surface area contributed by atoms with Gasteiger partial charge < -0.3 is 10.8 Å². The van der Waals surface area contributed by atoms with Crippen LogP contribution in [0.1, 0.15) is 25.0 Å². The lowest BCUT2D eigenvalue weighted by molar-refractivity contribution is 0.473. The summed E-state index contributed by atoms with van der Waals surface area (Å²) >= 11 is 3.33. The van der Waals surface area contributed by atoms with Crippen molar-refractivity contribution < 1.29 is 5.11 Å². The summed E-state index contributed by atoms with van der Waals surface area (Å²) in [6, 6.07) is 14.0. The Balaban J connectivity index is 2.54. The topological polar surface area (TPSA) is 46.2 Å². The molecule has 0 amide bonds. The van der Waals surface area contributed by atoms with Crippen molar-refractivity contribution in [2.45, 2.75) is 19.3 Å². The van der Waals surface area contributed by atoms with E-state index in [9.17, 15) is 5.11 Å². The molecule has 0 bridgehead atoms. The van der Waals surface area contributed by atoms with Crippen molar-refractivity contribution in [2.75, 3.05) is 5.73 Å². The first kappa shape index (κ1) is 13.0. The van der Waals surface area contributed by atoms with Gasteiger partial charge in [0.2, 0.25) is 0 Å². The molecule has 3 heteroatoms. The van der Waals surface area contributed by atoms with Gasteiger partial charge in [0.05, 0.1) is 10.2 Å². The van der Waals surface area contributed by atoms with Crippen LogP contribution in [0.25, 0.3) is 0 Å². The van der Waals surface area contributed by atoms with Gasteiger partial charge in [-0.25, -0.2) is 0 Å². The van der Waals surface area contributed by atoms with Crippen molar-refractivity contribution >= 4 is 21.6 Å². The molecule has 0 aliphatic heterocycles. The molecule has 0 aromatic heterocycles. The van der Waals surface area contributed by atoms with Crippen LogP contribution < -0.4 is 5.73 Å². The Labute approximate surface area is 116 Å². The van der Waals surface area contributed by atoms with Crippen LogP contribution in [0.15, 0.2) is 46.9 Å². The molecular weight excluding hydrogens is 290 g/mol. The van der Waals surface area contributed by atoms with E-state index in [0.717, 1.165) is 5.56 Å². The highest BCUT2D eigenvalue weighted by Gasteiger charge is 2.24. The normalized spacial score (nSPS) is 11.5. The predicted molar refractivity (Wildman–Crippen MR) is 78.8 cm³/mol. The Kier molecular flexibility index (Phi) is 3.35. The summed E-state index contributed by atoms with van der Waals surface area (Å²) in [4.78, 5) is 0. The Morgan fingerprint density at radius 1 is 1.06 bits per heavy atom. The minimum atomic E-state index is -0.161. The quantitative estimate of drug-likeness (QED) is 0.649. The number of nitrogen functional groups attached to an aromatic ring is 1. The molecule has 0 atom stereocenters. The maximum absolute atomic E-state index is 9.70. The van der Waals surface area contributed by atoms with Crippen LogP contribution in [0.4, 0.5) is 5.69 Å². The van der Waals surface area contributed by atoms with Crippen LogP contribution in [0.3, 0.4) is 0 Å². The zero-order chi connectivity index (χ0) is 13.3. The molecule has 2 rings (SSSR count). The van der Waals surface area contributed by atoms with E-state index in [1.807, 2.05) is 30.3 Å². The van der Waals surface area contributed by atoms with E-state index >= 15 is 0 Å². The standard InChI is InChI=1S/C15H16BrNO/c1-15(2,10-6-4-3-5-7-10)11-8-12(16)14(18)13(17)9-11/h3-9,18H,17H2,1-2H3. The molecule has 0 saturated heterocycles. The molecule has 2 aromatic carbocycles. The Morgan fingerprint density at radius 2 is 1.67 bits per heavy atom. The number of aromatic hydroxyl groups is 1. The minimum absolute atomic E-state index is 0.0996. The fourth-order valence-corrected chi connectivity index (χ4v) is 2.48. The third kappa shape index (κ3) is 2.23. The number of benzene rings is 2. The minimum Gasteiger partial charge on any atom is -0.505 e.